The number of nitrogens with one attached hydrogen (secondary N) is 1. The molecule has 1 aromatic carbocycles. The number of rotatable bonds is 6. The van der Waals surface area contributed by atoms with Gasteiger partial charge in [0.15, 0.2) is 5.78 Å². The summed E-state index contributed by atoms with van der Waals surface area (Å²) >= 11 is 3.18. The number of aryl methyl sites for hydroxylation is 1. The first-order valence-corrected chi connectivity index (χ1v) is 12.8. The molecule has 0 unspecified atom stereocenters. The predicted octanol–water partition coefficient (Wildman–Crippen LogP) is 3.88. The van der Waals surface area contributed by atoms with Crippen molar-refractivity contribution in [3.63, 3.8) is 0 Å². The summed E-state index contributed by atoms with van der Waals surface area (Å²) in [5, 5.41) is 7.44. The van der Waals surface area contributed by atoms with Crippen molar-refractivity contribution in [2.24, 2.45) is 0 Å². The number of aromatic nitrogens is 5. The molecule has 0 spiro atoms. The molecule has 1 aliphatic heterocycles. The number of benzene rings is 1. The molecule has 1 N–H and O–H groups in total. The van der Waals surface area contributed by atoms with E-state index < -0.39 is 30.0 Å². The van der Waals surface area contributed by atoms with E-state index in [9.17, 15) is 23.2 Å². The summed E-state index contributed by atoms with van der Waals surface area (Å²) in [6.07, 6.45) is 2.92. The highest BCUT2D eigenvalue weighted by atomic mass is 79.9. The number of likely N-dealkylation sites (tertiary alicyclic amines) is 1. The molecule has 4 heterocycles. The smallest absolute Gasteiger partial charge is 0.247 e. The van der Waals surface area contributed by atoms with Crippen LogP contribution in [0, 0.1) is 12.9 Å². The summed E-state index contributed by atoms with van der Waals surface area (Å²) in [5.41, 5.74) is 2.34. The van der Waals surface area contributed by atoms with E-state index in [1.54, 1.807) is 37.5 Å². The molecule has 0 saturated carbocycles. The van der Waals surface area contributed by atoms with E-state index in [0.717, 1.165) is 22.1 Å². The van der Waals surface area contributed by atoms with Crippen molar-refractivity contribution in [3.8, 4) is 11.1 Å². The van der Waals surface area contributed by atoms with Crippen LogP contribution in [-0.4, -0.2) is 66.0 Å². The number of ketones is 1. The summed E-state index contributed by atoms with van der Waals surface area (Å²) in [4.78, 5) is 51.7. The van der Waals surface area contributed by atoms with Crippen LogP contribution in [0.3, 0.4) is 0 Å². The van der Waals surface area contributed by atoms with Crippen molar-refractivity contribution >= 4 is 50.1 Å². The van der Waals surface area contributed by atoms with E-state index in [4.69, 9.17) is 0 Å². The third kappa shape index (κ3) is 5.39. The third-order valence-corrected chi connectivity index (χ3v) is 7.07. The van der Waals surface area contributed by atoms with Gasteiger partial charge in [0.1, 0.15) is 30.3 Å². The average Bonchev–Trinajstić information content (AvgIpc) is 3.47. The summed E-state index contributed by atoms with van der Waals surface area (Å²) in [7, 11) is 0. The lowest BCUT2D eigenvalue weighted by atomic mass is 10.0. The van der Waals surface area contributed by atoms with Gasteiger partial charge in [-0.25, -0.2) is 19.3 Å². The summed E-state index contributed by atoms with van der Waals surface area (Å²) < 4.78 is 29.7. The Labute approximate surface area is 229 Å². The zero-order chi connectivity index (χ0) is 27.8. The normalized spacial score (nSPS) is 17.0. The van der Waals surface area contributed by atoms with Gasteiger partial charge in [0.05, 0.1) is 22.2 Å². The first-order chi connectivity index (χ1) is 18.6. The van der Waals surface area contributed by atoms with Gasteiger partial charge in [-0.15, -0.1) is 0 Å². The number of halogens is 3. The number of nitrogens with zero attached hydrogens (tertiary/aromatic N) is 6. The van der Waals surface area contributed by atoms with Gasteiger partial charge in [-0.3, -0.25) is 19.1 Å². The Morgan fingerprint density at radius 1 is 1.10 bits per heavy atom. The number of fused-ring (bicyclic) bond motifs is 1. The van der Waals surface area contributed by atoms with Gasteiger partial charge >= 0.3 is 0 Å². The second kappa shape index (κ2) is 10.6. The molecule has 0 bridgehead atoms. The van der Waals surface area contributed by atoms with Crippen molar-refractivity contribution < 1.29 is 23.2 Å². The van der Waals surface area contributed by atoms with Gasteiger partial charge < -0.3 is 10.2 Å². The number of alkyl halides is 1. The van der Waals surface area contributed by atoms with Gasteiger partial charge in [-0.05, 0) is 40.5 Å². The first-order valence-electron chi connectivity index (χ1n) is 12.0. The van der Waals surface area contributed by atoms with Crippen molar-refractivity contribution in [1.29, 1.82) is 0 Å². The maximum Gasteiger partial charge on any atom is 0.247 e. The highest BCUT2D eigenvalue weighted by Crippen LogP contribution is 2.28. The molecular formula is C26H22BrF2N7O3. The van der Waals surface area contributed by atoms with E-state index >= 15 is 0 Å². The molecule has 39 heavy (non-hydrogen) atoms. The Kier molecular flexibility index (Phi) is 7.17. The Morgan fingerprint density at radius 3 is 2.56 bits per heavy atom. The molecule has 2 amide bonds. The quantitative estimate of drug-likeness (QED) is 0.264. The second-order valence-electron chi connectivity index (χ2n) is 9.18. The zero-order valence-corrected chi connectivity index (χ0v) is 22.4. The molecule has 4 aromatic rings. The highest BCUT2D eigenvalue weighted by Gasteiger charge is 2.40. The van der Waals surface area contributed by atoms with Crippen LogP contribution in [0.4, 0.5) is 14.5 Å². The Bertz CT molecular complexity index is 1610. The van der Waals surface area contributed by atoms with Crippen LogP contribution in [0.1, 0.15) is 29.7 Å². The fourth-order valence-electron chi connectivity index (χ4n) is 4.53. The molecule has 2 atom stereocenters. The van der Waals surface area contributed by atoms with Crippen molar-refractivity contribution in [2.45, 2.75) is 39.0 Å². The molecule has 3 aromatic heterocycles. The van der Waals surface area contributed by atoms with Crippen molar-refractivity contribution in [1.82, 2.24) is 29.6 Å². The number of amides is 2. The highest BCUT2D eigenvalue weighted by molar-refractivity contribution is 9.10. The van der Waals surface area contributed by atoms with E-state index in [-0.39, 0.29) is 36.7 Å². The van der Waals surface area contributed by atoms with Gasteiger partial charge in [-0.2, -0.15) is 9.49 Å². The zero-order valence-electron chi connectivity index (χ0n) is 20.9. The van der Waals surface area contributed by atoms with Crippen molar-refractivity contribution in [2.75, 3.05) is 11.9 Å². The molecular weight excluding hydrogens is 576 g/mol. The number of carbonyl (C=O) groups is 3. The summed E-state index contributed by atoms with van der Waals surface area (Å²) in [5.74, 6) is -1.68. The standard InChI is InChI=1S/C26H22BrF2N7O3/c1-13(37)25-18-5-15(16-8-30-14(2)31-9-16)3-4-21(18)36(34-25)12-24(38)35-11-17(28)6-22(35)26(39)33-20-7-23(29)32-10-19(20)27/h3-5,7-10,17,22H,6,11-12H2,1-2H3,(H,32,33,39)/t17-,22+/m1/s1. The molecule has 1 saturated heterocycles. The number of hydrogen-bond acceptors (Lipinski definition) is 7. The maximum absolute atomic E-state index is 14.4. The molecule has 200 valence electrons. The van der Waals surface area contributed by atoms with E-state index in [2.05, 4.69) is 41.3 Å². The fraction of sp³-hybridized carbons (Fsp3) is 0.269. The van der Waals surface area contributed by atoms with E-state index in [1.807, 2.05) is 0 Å². The summed E-state index contributed by atoms with van der Waals surface area (Å²) in [6, 6.07) is 5.23. The molecule has 10 nitrogen and oxygen atoms in total. The van der Waals surface area contributed by atoms with Gasteiger partial charge in [0, 0.05) is 49.0 Å². The average molecular weight is 598 g/mol. The monoisotopic (exact) mass is 597 g/mol. The lowest BCUT2D eigenvalue weighted by molar-refractivity contribution is -0.137. The summed E-state index contributed by atoms with van der Waals surface area (Å²) in [6.45, 7) is 2.56. The van der Waals surface area contributed by atoms with E-state index in [0.29, 0.717) is 21.2 Å². The molecule has 0 radical (unpaired) electrons. The van der Waals surface area contributed by atoms with Crippen LogP contribution in [0.2, 0.25) is 0 Å². The number of anilines is 1. The second-order valence-corrected chi connectivity index (χ2v) is 10.0. The van der Waals surface area contributed by atoms with Crippen LogP contribution in [0.15, 0.2) is 47.3 Å². The van der Waals surface area contributed by atoms with Crippen LogP contribution < -0.4 is 5.32 Å². The molecule has 1 fully saturated rings. The minimum absolute atomic E-state index is 0.112. The Morgan fingerprint density at radius 2 is 1.85 bits per heavy atom. The molecule has 5 rings (SSSR count). The lowest BCUT2D eigenvalue weighted by Crippen LogP contribution is -2.44. The van der Waals surface area contributed by atoms with Crippen LogP contribution in [0.25, 0.3) is 22.0 Å². The maximum atomic E-state index is 14.4. The fourth-order valence-corrected chi connectivity index (χ4v) is 4.85. The van der Waals surface area contributed by atoms with Gasteiger partial charge in [0.2, 0.25) is 17.8 Å². The topological polar surface area (TPSA) is 123 Å². The number of hydrogen-bond donors (Lipinski definition) is 1. The minimum atomic E-state index is -1.41. The van der Waals surface area contributed by atoms with Gasteiger partial charge in [-0.1, -0.05) is 6.07 Å². The number of pyridine rings is 1. The lowest BCUT2D eigenvalue weighted by Gasteiger charge is -2.24. The van der Waals surface area contributed by atoms with Crippen molar-refractivity contribution in [3.05, 3.63) is 64.8 Å². The first kappa shape index (κ1) is 26.5. The largest absolute Gasteiger partial charge is 0.326 e. The minimum Gasteiger partial charge on any atom is -0.326 e. The third-order valence-electron chi connectivity index (χ3n) is 6.44. The SMILES string of the molecule is CC(=O)c1nn(CC(=O)N2C[C@H](F)C[C@H]2C(=O)Nc2cc(F)ncc2Br)c2ccc(-c3cnc(C)nc3)cc12. The Balaban J connectivity index is 1.41. The number of Topliss-reactive ketones (excluding diaryl/α,β-unsaturated/α-hetero) is 1. The van der Waals surface area contributed by atoms with Crippen LogP contribution >= 0.6 is 15.9 Å². The molecule has 0 aliphatic carbocycles. The molecule has 13 heteroatoms. The molecule has 1 aliphatic rings. The van der Waals surface area contributed by atoms with Crippen LogP contribution in [-0.2, 0) is 16.1 Å². The van der Waals surface area contributed by atoms with Crippen LogP contribution in [0.5, 0.6) is 0 Å². The van der Waals surface area contributed by atoms with E-state index in [1.165, 1.54) is 17.8 Å². The predicted molar refractivity (Wildman–Crippen MR) is 141 cm³/mol. The Hall–Kier alpha value is -4.13. The van der Waals surface area contributed by atoms with Gasteiger partial charge in [0.25, 0.3) is 0 Å². The number of carbonyl (C=O) groups excluding carboxylic acids is 3.